The third-order valence-electron chi connectivity index (χ3n) is 8.92. The molecule has 5 heteroatoms. The van der Waals surface area contributed by atoms with Crippen LogP contribution in [0, 0.1) is 0 Å². The average molecular weight is 601 g/mol. The molecule has 0 saturated heterocycles. The second kappa shape index (κ2) is 9.20. The number of nitrogens with one attached hydrogen (secondary N) is 1. The lowest BCUT2D eigenvalue weighted by Crippen LogP contribution is -2.10. The molecule has 1 aliphatic rings. The zero-order valence-electron chi connectivity index (χ0n) is 23.5. The van der Waals surface area contributed by atoms with E-state index in [0.29, 0.717) is 0 Å². The van der Waals surface area contributed by atoms with Gasteiger partial charge in [0.2, 0.25) is 0 Å². The molecule has 0 atom stereocenters. The molecule has 44 heavy (non-hydrogen) atoms. The van der Waals surface area contributed by atoms with Crippen molar-refractivity contribution in [3.05, 3.63) is 133 Å². The molecule has 0 aliphatic carbocycles. The largest absolute Gasteiger partial charge is 0.456 e. The molecule has 0 spiro atoms. The maximum atomic E-state index is 6.36. The first-order valence-electron chi connectivity index (χ1n) is 14.8. The SMILES string of the molecule is C1=Cc2ccc3sc4cc(N(c5ccc6c(c5)oc5ccccc56)c5ccc6sc7ccccc7c6c5)ccc4c3c2CN1. The van der Waals surface area contributed by atoms with Crippen molar-refractivity contribution in [3.8, 4) is 0 Å². The molecule has 0 radical (unpaired) electrons. The molecular formula is C39H24N2OS2. The van der Waals surface area contributed by atoms with Gasteiger partial charge in [0.1, 0.15) is 11.2 Å². The number of rotatable bonds is 3. The molecule has 4 heterocycles. The van der Waals surface area contributed by atoms with Gasteiger partial charge < -0.3 is 14.6 Å². The number of hydrogen-bond donors (Lipinski definition) is 1. The summed E-state index contributed by atoms with van der Waals surface area (Å²) < 4.78 is 11.6. The van der Waals surface area contributed by atoms with Crippen LogP contribution in [0.1, 0.15) is 11.1 Å². The maximum absolute atomic E-state index is 6.36. The summed E-state index contributed by atoms with van der Waals surface area (Å²) in [6.45, 7) is 0.856. The molecule has 3 nitrogen and oxygen atoms in total. The van der Waals surface area contributed by atoms with Crippen molar-refractivity contribution >= 4 is 108 Å². The minimum atomic E-state index is 0.856. The fraction of sp³-hybridized carbons (Fsp3) is 0.0256. The number of thiophene rings is 2. The Bertz CT molecular complexity index is 2640. The fourth-order valence-electron chi connectivity index (χ4n) is 6.89. The summed E-state index contributed by atoms with van der Waals surface area (Å²) in [6.07, 6.45) is 4.22. The van der Waals surface area contributed by atoms with E-state index in [-0.39, 0.29) is 0 Å². The van der Waals surface area contributed by atoms with Crippen molar-refractivity contribution < 1.29 is 4.42 Å². The standard InChI is InChI=1S/C39H24N2OS2/c1-3-7-33-27(5-1)28-13-10-25(20-34(28)42-33)41(24-12-16-36-31(19-24)29-6-2-4-8-35(29)43-36)26-11-14-30-38(21-26)44-37-15-9-23-17-18-40-22-32(23)39(30)37/h1-21,40H,22H2. The van der Waals surface area contributed by atoms with Crippen molar-refractivity contribution in [3.63, 3.8) is 0 Å². The molecule has 0 amide bonds. The van der Waals surface area contributed by atoms with Gasteiger partial charge in [0.15, 0.2) is 0 Å². The molecule has 0 saturated carbocycles. The predicted octanol–water partition coefficient (Wildman–Crippen LogP) is 11.9. The van der Waals surface area contributed by atoms with E-state index in [4.69, 9.17) is 4.42 Å². The highest BCUT2D eigenvalue weighted by Gasteiger charge is 2.20. The summed E-state index contributed by atoms with van der Waals surface area (Å²) in [6, 6.07) is 41.9. The number of furan rings is 1. The topological polar surface area (TPSA) is 28.4 Å². The third-order valence-corrected chi connectivity index (χ3v) is 11.2. The van der Waals surface area contributed by atoms with Crippen LogP contribution in [-0.2, 0) is 6.54 Å². The normalized spacial score (nSPS) is 13.0. The van der Waals surface area contributed by atoms with Gasteiger partial charge in [0.05, 0.1) is 0 Å². The highest BCUT2D eigenvalue weighted by Crippen LogP contribution is 2.45. The molecular weight excluding hydrogens is 577 g/mol. The van der Waals surface area contributed by atoms with E-state index in [1.54, 1.807) is 0 Å². The maximum Gasteiger partial charge on any atom is 0.137 e. The van der Waals surface area contributed by atoms with Crippen LogP contribution in [0.2, 0.25) is 0 Å². The van der Waals surface area contributed by atoms with Gasteiger partial charge in [-0.3, -0.25) is 0 Å². The van der Waals surface area contributed by atoms with E-state index >= 15 is 0 Å². The number of fused-ring (bicyclic) bond motifs is 11. The summed E-state index contributed by atoms with van der Waals surface area (Å²) >= 11 is 3.72. The number of nitrogens with zero attached hydrogens (tertiary/aromatic N) is 1. The van der Waals surface area contributed by atoms with Crippen LogP contribution in [0.15, 0.2) is 126 Å². The van der Waals surface area contributed by atoms with Gasteiger partial charge in [-0.05, 0) is 84.1 Å². The molecule has 0 fully saturated rings. The molecule has 208 valence electrons. The Labute approximate surface area is 260 Å². The summed E-state index contributed by atoms with van der Waals surface area (Å²) in [5, 5.41) is 11.0. The summed E-state index contributed by atoms with van der Waals surface area (Å²) in [5.41, 5.74) is 7.82. The van der Waals surface area contributed by atoms with Gasteiger partial charge in [-0.15, -0.1) is 22.7 Å². The average Bonchev–Trinajstić information content (AvgIpc) is 3.75. The lowest BCUT2D eigenvalue weighted by atomic mass is 9.98. The zero-order chi connectivity index (χ0) is 28.8. The molecule has 0 bridgehead atoms. The molecule has 0 unspecified atom stereocenters. The minimum absolute atomic E-state index is 0.856. The van der Waals surface area contributed by atoms with E-state index < -0.39 is 0 Å². The van der Waals surface area contributed by atoms with Crippen LogP contribution < -0.4 is 10.2 Å². The zero-order valence-corrected chi connectivity index (χ0v) is 25.1. The number of anilines is 3. The van der Waals surface area contributed by atoms with E-state index in [1.165, 1.54) is 51.5 Å². The number of hydrogen-bond acceptors (Lipinski definition) is 5. The Morgan fingerprint density at radius 3 is 2.20 bits per heavy atom. The van der Waals surface area contributed by atoms with Gasteiger partial charge in [-0.25, -0.2) is 0 Å². The molecule has 6 aromatic carbocycles. The van der Waals surface area contributed by atoms with Gasteiger partial charge in [-0.2, -0.15) is 0 Å². The summed E-state index contributed by atoms with van der Waals surface area (Å²) in [4.78, 5) is 2.38. The lowest BCUT2D eigenvalue weighted by molar-refractivity contribution is 0.669. The smallest absolute Gasteiger partial charge is 0.137 e. The highest BCUT2D eigenvalue weighted by atomic mass is 32.1. The minimum Gasteiger partial charge on any atom is -0.456 e. The summed E-state index contributed by atoms with van der Waals surface area (Å²) in [7, 11) is 0. The van der Waals surface area contributed by atoms with Crippen molar-refractivity contribution in [1.29, 1.82) is 0 Å². The quantitative estimate of drug-likeness (QED) is 0.219. The Kier molecular flexibility index (Phi) is 5.09. The van der Waals surface area contributed by atoms with Gasteiger partial charge >= 0.3 is 0 Å². The Hall–Kier alpha value is -5.10. The predicted molar refractivity (Wildman–Crippen MR) is 190 cm³/mol. The first-order valence-corrected chi connectivity index (χ1v) is 16.4. The highest BCUT2D eigenvalue weighted by molar-refractivity contribution is 7.26. The second-order valence-corrected chi connectivity index (χ2v) is 13.6. The molecule has 1 aliphatic heterocycles. The van der Waals surface area contributed by atoms with Crippen LogP contribution in [0.5, 0.6) is 0 Å². The number of para-hydroxylation sites is 1. The molecule has 9 aromatic rings. The van der Waals surface area contributed by atoms with Gasteiger partial charge in [-0.1, -0.05) is 48.5 Å². The van der Waals surface area contributed by atoms with Crippen LogP contribution in [0.4, 0.5) is 17.1 Å². The van der Waals surface area contributed by atoms with E-state index in [1.807, 2.05) is 41.0 Å². The van der Waals surface area contributed by atoms with Gasteiger partial charge in [0, 0.05) is 80.8 Å². The van der Waals surface area contributed by atoms with Crippen molar-refractivity contribution in [2.45, 2.75) is 6.54 Å². The first-order chi connectivity index (χ1) is 21.8. The molecule has 1 N–H and O–H groups in total. The molecule has 3 aromatic heterocycles. The van der Waals surface area contributed by atoms with Crippen molar-refractivity contribution in [2.24, 2.45) is 0 Å². The summed E-state index contributed by atoms with van der Waals surface area (Å²) in [5.74, 6) is 0. The fourth-order valence-corrected chi connectivity index (χ4v) is 9.15. The van der Waals surface area contributed by atoms with E-state index in [9.17, 15) is 0 Å². The van der Waals surface area contributed by atoms with E-state index in [2.05, 4.69) is 119 Å². The lowest BCUT2D eigenvalue weighted by Gasteiger charge is -2.25. The van der Waals surface area contributed by atoms with Crippen LogP contribution in [0.25, 0.3) is 68.4 Å². The third kappa shape index (κ3) is 3.54. The number of benzene rings is 6. The first kappa shape index (κ1) is 24.4. The van der Waals surface area contributed by atoms with Crippen LogP contribution in [0.3, 0.4) is 0 Å². The Balaban J connectivity index is 1.21. The monoisotopic (exact) mass is 600 g/mol. The van der Waals surface area contributed by atoms with E-state index in [0.717, 1.165) is 45.5 Å². The molecule has 10 rings (SSSR count). The van der Waals surface area contributed by atoms with Crippen molar-refractivity contribution in [1.82, 2.24) is 5.32 Å². The van der Waals surface area contributed by atoms with Crippen molar-refractivity contribution in [2.75, 3.05) is 4.90 Å². The van der Waals surface area contributed by atoms with Gasteiger partial charge in [0.25, 0.3) is 0 Å². The van der Waals surface area contributed by atoms with Crippen LogP contribution in [-0.4, -0.2) is 0 Å². The second-order valence-electron chi connectivity index (χ2n) is 11.4. The van der Waals surface area contributed by atoms with Crippen LogP contribution >= 0.6 is 22.7 Å². The Morgan fingerprint density at radius 1 is 0.545 bits per heavy atom. The Morgan fingerprint density at radius 2 is 1.25 bits per heavy atom.